The van der Waals surface area contributed by atoms with E-state index in [1.54, 1.807) is 12.1 Å². The molecule has 0 aliphatic heterocycles. The molecular weight excluding hydrogens is 446 g/mol. The summed E-state index contributed by atoms with van der Waals surface area (Å²) in [5, 5.41) is 3.05. The predicted molar refractivity (Wildman–Crippen MR) is 117 cm³/mol. The number of fused-ring (bicyclic) bond motifs is 2. The molecule has 0 aliphatic carbocycles. The topological polar surface area (TPSA) is 114 Å². The number of hydrogen-bond donors (Lipinski definition) is 1. The number of aromatic nitrogens is 3. The summed E-state index contributed by atoms with van der Waals surface area (Å²) in [6.45, 7) is 2.09. The third kappa shape index (κ3) is 3.99. The van der Waals surface area contributed by atoms with E-state index >= 15 is 0 Å². The summed E-state index contributed by atoms with van der Waals surface area (Å²) >= 11 is 2.23. The van der Waals surface area contributed by atoms with Gasteiger partial charge in [-0.15, -0.1) is 0 Å². The fraction of sp³-hybridized carbons (Fsp3) is 0.222. The predicted octanol–water partition coefficient (Wildman–Crippen LogP) is 2.96. The maximum absolute atomic E-state index is 12.9. The fourth-order valence-corrected chi connectivity index (χ4v) is 5.60. The lowest BCUT2D eigenvalue weighted by Gasteiger charge is -2.16. The van der Waals surface area contributed by atoms with E-state index in [2.05, 4.69) is 19.0 Å². The van der Waals surface area contributed by atoms with E-state index in [0.717, 1.165) is 32.0 Å². The Balaban J connectivity index is 1.49. The van der Waals surface area contributed by atoms with Gasteiger partial charge in [-0.05, 0) is 37.3 Å². The Labute approximate surface area is 180 Å². The normalized spacial score (nSPS) is 12.0. The molecule has 0 fully saturated rings. The van der Waals surface area contributed by atoms with Crippen molar-refractivity contribution >= 4 is 65.4 Å². The first-order chi connectivity index (χ1) is 14.4. The van der Waals surface area contributed by atoms with E-state index in [-0.39, 0.29) is 11.4 Å². The van der Waals surface area contributed by atoms with Crippen LogP contribution in [-0.2, 0) is 14.8 Å². The van der Waals surface area contributed by atoms with Gasteiger partial charge in [0.1, 0.15) is 21.7 Å². The number of nitrogens with zero attached hydrogens (tertiary/aromatic N) is 4. The number of nitrogens with one attached hydrogen (secondary N) is 1. The van der Waals surface area contributed by atoms with Crippen molar-refractivity contribution in [3.63, 3.8) is 0 Å². The molecule has 0 saturated carbocycles. The van der Waals surface area contributed by atoms with Gasteiger partial charge in [0.2, 0.25) is 15.9 Å². The average molecular weight is 464 g/mol. The molecule has 0 unspecified atom stereocenters. The highest BCUT2D eigenvalue weighted by atomic mass is 32.2. The van der Waals surface area contributed by atoms with Crippen molar-refractivity contribution in [2.45, 2.75) is 11.8 Å². The largest absolute Gasteiger partial charge is 0.494 e. The molecule has 9 nitrogen and oxygen atoms in total. The van der Waals surface area contributed by atoms with Crippen molar-refractivity contribution in [1.29, 1.82) is 0 Å². The van der Waals surface area contributed by atoms with Gasteiger partial charge < -0.3 is 10.1 Å². The number of sulfonamides is 1. The van der Waals surface area contributed by atoms with Crippen LogP contribution in [0, 0.1) is 0 Å². The highest BCUT2D eigenvalue weighted by Crippen LogP contribution is 2.29. The van der Waals surface area contributed by atoms with E-state index in [1.165, 1.54) is 24.5 Å². The first-order valence-electron chi connectivity index (χ1n) is 8.89. The molecule has 4 rings (SSSR count). The number of ether oxygens (including phenoxy) is 1. The second-order valence-electron chi connectivity index (χ2n) is 6.28. The van der Waals surface area contributed by atoms with Gasteiger partial charge in [-0.1, -0.05) is 17.4 Å². The molecule has 0 bridgehead atoms. The summed E-state index contributed by atoms with van der Waals surface area (Å²) < 4.78 is 41.3. The van der Waals surface area contributed by atoms with Crippen molar-refractivity contribution in [3.05, 3.63) is 36.4 Å². The summed E-state index contributed by atoms with van der Waals surface area (Å²) in [7, 11) is -2.57. The van der Waals surface area contributed by atoms with Crippen LogP contribution in [-0.4, -0.2) is 52.6 Å². The molecule has 0 spiro atoms. The lowest BCUT2D eigenvalue weighted by atomic mass is 10.3. The van der Waals surface area contributed by atoms with Crippen LogP contribution in [0.5, 0.6) is 5.75 Å². The molecule has 2 heterocycles. The zero-order valence-corrected chi connectivity index (χ0v) is 18.5. The minimum absolute atomic E-state index is 0.0208. The van der Waals surface area contributed by atoms with Gasteiger partial charge in [0.15, 0.2) is 5.13 Å². The average Bonchev–Trinajstić information content (AvgIpc) is 3.33. The molecule has 0 aliphatic rings. The van der Waals surface area contributed by atoms with Crippen LogP contribution in [0.1, 0.15) is 6.92 Å². The number of carbonyl (C=O) groups is 1. The summed E-state index contributed by atoms with van der Waals surface area (Å²) in [5.74, 6) is 0.233. The lowest BCUT2D eigenvalue weighted by molar-refractivity contribution is -0.116. The molecule has 1 amide bonds. The SMILES string of the molecule is CCOc1ccc2nc(NC(=O)CN(C)S(=O)(=O)c3cccc4nsnc34)sc2c1. The van der Waals surface area contributed by atoms with Gasteiger partial charge in [-0.3, -0.25) is 4.79 Å². The standard InChI is InChI=1S/C18H17N5O4S3/c1-3-27-11-7-8-12-14(9-11)28-18(19-12)20-16(24)10-23(2)30(25,26)15-6-4-5-13-17(15)22-29-21-13/h4-9H,3,10H2,1-2H3,(H,19,20,24). The number of amides is 1. The Morgan fingerprint density at radius 1 is 1.20 bits per heavy atom. The summed E-state index contributed by atoms with van der Waals surface area (Å²) in [5.41, 5.74) is 1.52. The summed E-state index contributed by atoms with van der Waals surface area (Å²) in [6, 6.07) is 10.2. The number of hydrogen-bond acceptors (Lipinski definition) is 9. The van der Waals surface area contributed by atoms with Gasteiger partial charge >= 0.3 is 0 Å². The Bertz CT molecular complexity index is 1330. The highest BCUT2D eigenvalue weighted by Gasteiger charge is 2.26. The smallest absolute Gasteiger partial charge is 0.245 e. The number of benzene rings is 2. The van der Waals surface area contributed by atoms with E-state index in [1.807, 2.05) is 25.1 Å². The maximum Gasteiger partial charge on any atom is 0.245 e. The second-order valence-corrected chi connectivity index (χ2v) is 9.85. The quantitative estimate of drug-likeness (QED) is 0.448. The molecule has 12 heteroatoms. The minimum atomic E-state index is -3.92. The highest BCUT2D eigenvalue weighted by molar-refractivity contribution is 7.89. The molecule has 4 aromatic rings. The third-order valence-electron chi connectivity index (χ3n) is 4.22. The number of likely N-dealkylation sites (N-methyl/N-ethyl adjacent to an activating group) is 1. The molecule has 156 valence electrons. The van der Waals surface area contributed by atoms with Crippen molar-refractivity contribution in [2.75, 3.05) is 25.5 Å². The number of thiazole rings is 1. The van der Waals surface area contributed by atoms with Crippen LogP contribution in [0.25, 0.3) is 21.3 Å². The molecule has 1 N–H and O–H groups in total. The van der Waals surface area contributed by atoms with Crippen LogP contribution in [0.4, 0.5) is 5.13 Å². The van der Waals surface area contributed by atoms with Crippen LogP contribution in [0.2, 0.25) is 0 Å². The van der Waals surface area contributed by atoms with Crippen LogP contribution in [0.15, 0.2) is 41.3 Å². The Morgan fingerprint density at radius 2 is 2.03 bits per heavy atom. The Kier molecular flexibility index (Phi) is 5.64. The molecule has 0 atom stereocenters. The molecular formula is C18H17N5O4S3. The van der Waals surface area contributed by atoms with Gasteiger partial charge in [0.25, 0.3) is 0 Å². The van der Waals surface area contributed by atoms with E-state index in [0.29, 0.717) is 22.8 Å². The number of rotatable bonds is 7. The first-order valence-corrected chi connectivity index (χ1v) is 11.9. The van der Waals surface area contributed by atoms with Crippen LogP contribution >= 0.6 is 23.1 Å². The number of anilines is 1. The lowest BCUT2D eigenvalue weighted by Crippen LogP contribution is -2.35. The zero-order chi connectivity index (χ0) is 21.3. The Morgan fingerprint density at radius 3 is 2.83 bits per heavy atom. The first kappa shape index (κ1) is 20.6. The van der Waals surface area contributed by atoms with Crippen LogP contribution in [0.3, 0.4) is 0 Å². The van der Waals surface area contributed by atoms with Crippen molar-refractivity contribution in [3.8, 4) is 5.75 Å². The van der Waals surface area contributed by atoms with E-state index in [4.69, 9.17) is 4.74 Å². The molecule has 30 heavy (non-hydrogen) atoms. The zero-order valence-electron chi connectivity index (χ0n) is 16.0. The number of carbonyl (C=O) groups excluding carboxylic acids is 1. The fourth-order valence-electron chi connectivity index (χ4n) is 2.82. The third-order valence-corrected chi connectivity index (χ3v) is 7.53. The molecule has 0 saturated heterocycles. The summed E-state index contributed by atoms with van der Waals surface area (Å²) in [6.07, 6.45) is 0. The van der Waals surface area contributed by atoms with Gasteiger partial charge in [0, 0.05) is 7.05 Å². The van der Waals surface area contributed by atoms with Crippen LogP contribution < -0.4 is 10.1 Å². The van der Waals surface area contributed by atoms with Gasteiger partial charge in [0.05, 0.1) is 35.1 Å². The van der Waals surface area contributed by atoms with Gasteiger partial charge in [-0.25, -0.2) is 13.4 Å². The monoisotopic (exact) mass is 463 g/mol. The van der Waals surface area contributed by atoms with Crippen molar-refractivity contribution in [1.82, 2.24) is 18.0 Å². The Hall–Kier alpha value is -2.67. The van der Waals surface area contributed by atoms with Crippen molar-refractivity contribution < 1.29 is 17.9 Å². The van der Waals surface area contributed by atoms with Gasteiger partial charge in [-0.2, -0.15) is 13.1 Å². The molecule has 2 aromatic carbocycles. The summed E-state index contributed by atoms with van der Waals surface area (Å²) in [4.78, 5) is 16.8. The van der Waals surface area contributed by atoms with E-state index < -0.39 is 15.9 Å². The molecule has 2 aromatic heterocycles. The van der Waals surface area contributed by atoms with E-state index in [9.17, 15) is 13.2 Å². The maximum atomic E-state index is 12.9. The van der Waals surface area contributed by atoms with Crippen molar-refractivity contribution in [2.24, 2.45) is 0 Å². The molecule has 0 radical (unpaired) electrons. The minimum Gasteiger partial charge on any atom is -0.494 e. The second kappa shape index (κ2) is 8.22.